The number of carbonyl (C=O) groups excluding carboxylic acids is 1. The molecule has 1 aromatic rings. The average Bonchev–Trinajstić information content (AvgIpc) is 3.18. The summed E-state index contributed by atoms with van der Waals surface area (Å²) in [5.41, 5.74) is 1.36. The van der Waals surface area contributed by atoms with E-state index in [0.717, 1.165) is 12.2 Å². The second-order valence-corrected chi connectivity index (χ2v) is 14.2. The van der Waals surface area contributed by atoms with Gasteiger partial charge in [0.2, 0.25) is 0 Å². The van der Waals surface area contributed by atoms with Crippen molar-refractivity contribution in [3.8, 4) is 5.75 Å². The van der Waals surface area contributed by atoms with Gasteiger partial charge in [-0.1, -0.05) is 57.6 Å². The quantitative estimate of drug-likeness (QED) is 0.0544. The van der Waals surface area contributed by atoms with E-state index in [2.05, 4.69) is 19.1 Å². The summed E-state index contributed by atoms with van der Waals surface area (Å²) in [7, 11) is -4.92. The van der Waals surface area contributed by atoms with Gasteiger partial charge in [0.1, 0.15) is 19.0 Å². The van der Waals surface area contributed by atoms with E-state index in [9.17, 15) is 18.0 Å². The Bertz CT molecular complexity index is 1190. The number of carboxylic acid groups (broad SMARTS) is 1. The van der Waals surface area contributed by atoms with Crippen molar-refractivity contribution in [2.24, 2.45) is 0 Å². The second-order valence-electron chi connectivity index (χ2n) is 12.6. The summed E-state index contributed by atoms with van der Waals surface area (Å²) in [5, 5.41) is 6.48. The zero-order valence-electron chi connectivity index (χ0n) is 33.8. The summed E-state index contributed by atoms with van der Waals surface area (Å²) < 4.78 is 90.2. The lowest BCUT2D eigenvalue weighted by Crippen LogP contribution is -2.32. The van der Waals surface area contributed by atoms with Crippen molar-refractivity contribution in [3.63, 3.8) is 0 Å². The molecule has 0 amide bonds. The number of ether oxygens (including phenoxy) is 11. The Hall–Kier alpha value is -2.49. The molecule has 0 aliphatic heterocycles. The summed E-state index contributed by atoms with van der Waals surface area (Å²) in [6.45, 7) is 9.76. The fraction of sp³-hybridized carbons (Fsp3) is 0.795. The number of aliphatic carboxylic acids is 1. The van der Waals surface area contributed by atoms with E-state index in [4.69, 9.17) is 61.8 Å². The van der Waals surface area contributed by atoms with Crippen LogP contribution in [0.3, 0.4) is 0 Å². The molecule has 1 rings (SSSR count). The molecule has 0 spiro atoms. The first-order chi connectivity index (χ1) is 27.7. The molecule has 1 atom stereocenters. The molecule has 0 saturated carbocycles. The molecule has 1 aromatic carbocycles. The number of carboxylic acids is 1. The van der Waals surface area contributed by atoms with E-state index in [1.165, 1.54) is 50.5 Å². The van der Waals surface area contributed by atoms with E-state index >= 15 is 0 Å². The minimum absolute atomic E-state index is 0.000397. The van der Waals surface area contributed by atoms with Crippen molar-refractivity contribution in [3.05, 3.63) is 29.8 Å². The van der Waals surface area contributed by atoms with Gasteiger partial charge in [-0.3, -0.25) is 14.1 Å². The van der Waals surface area contributed by atoms with Crippen LogP contribution in [-0.4, -0.2) is 167 Å². The van der Waals surface area contributed by atoms with Gasteiger partial charge in [0.25, 0.3) is 10.1 Å². The van der Waals surface area contributed by atoms with Crippen LogP contribution >= 0.6 is 0 Å². The van der Waals surface area contributed by atoms with Gasteiger partial charge in [-0.15, -0.1) is 0 Å². The largest absolute Gasteiger partial charge is 0.491 e. The third-order valence-corrected chi connectivity index (χ3v) is 9.03. The molecule has 0 bridgehead atoms. The van der Waals surface area contributed by atoms with E-state index in [0.29, 0.717) is 106 Å². The zero-order valence-corrected chi connectivity index (χ0v) is 34.6. The molecule has 18 heteroatoms. The number of benzene rings is 1. The van der Waals surface area contributed by atoms with E-state index in [1.54, 1.807) is 0 Å². The smallest absolute Gasteiger partial charge is 0.325 e. The van der Waals surface area contributed by atoms with E-state index in [1.807, 2.05) is 12.1 Å². The van der Waals surface area contributed by atoms with Gasteiger partial charge in [0.05, 0.1) is 125 Å². The highest BCUT2D eigenvalue weighted by Crippen LogP contribution is 2.15. The fourth-order valence-electron chi connectivity index (χ4n) is 4.86. The van der Waals surface area contributed by atoms with Crippen LogP contribution in [0.4, 0.5) is 0 Å². The van der Waals surface area contributed by atoms with E-state index in [-0.39, 0.29) is 26.4 Å². The molecular formula is C39H68O17S. The summed E-state index contributed by atoms with van der Waals surface area (Å²) in [4.78, 5) is 22.3. The Morgan fingerprint density at radius 2 is 0.877 bits per heavy atom. The number of unbranched alkanes of at least 4 members (excludes halogenated alkanes) is 6. The Morgan fingerprint density at radius 1 is 0.526 bits per heavy atom. The molecule has 57 heavy (non-hydrogen) atoms. The molecule has 0 radical (unpaired) electrons. The number of hydrogen-bond acceptors (Lipinski definition) is 15. The van der Waals surface area contributed by atoms with Crippen LogP contribution in [0.5, 0.6) is 5.75 Å². The van der Waals surface area contributed by atoms with Crippen LogP contribution in [0.1, 0.15) is 63.9 Å². The van der Waals surface area contributed by atoms with Gasteiger partial charge in [-0.25, -0.2) is 0 Å². The summed E-state index contributed by atoms with van der Waals surface area (Å²) >= 11 is 0. The minimum atomic E-state index is -4.92. The normalized spacial score (nSPS) is 12.2. The van der Waals surface area contributed by atoms with Crippen molar-refractivity contribution in [2.45, 2.75) is 70.0 Å². The molecule has 2 N–H and O–H groups in total. The fourth-order valence-corrected chi connectivity index (χ4v) is 5.46. The molecule has 0 saturated heterocycles. The van der Waals surface area contributed by atoms with Gasteiger partial charge in [0, 0.05) is 0 Å². The molecule has 0 aromatic heterocycles. The zero-order chi connectivity index (χ0) is 41.5. The monoisotopic (exact) mass is 840 g/mol. The third-order valence-electron chi connectivity index (χ3n) is 7.94. The maximum absolute atomic E-state index is 11.5. The van der Waals surface area contributed by atoms with Crippen molar-refractivity contribution in [1.82, 2.24) is 0 Å². The van der Waals surface area contributed by atoms with Crippen molar-refractivity contribution < 1.29 is 79.8 Å². The highest BCUT2D eigenvalue weighted by atomic mass is 32.2. The summed E-state index contributed by atoms with van der Waals surface area (Å²) in [6, 6.07) is 8.39. The Labute approximate surface area is 338 Å². The first-order valence-corrected chi connectivity index (χ1v) is 21.5. The van der Waals surface area contributed by atoms with Crippen molar-refractivity contribution >= 4 is 22.1 Å². The molecule has 0 heterocycles. The number of rotatable bonds is 43. The van der Waals surface area contributed by atoms with Crippen LogP contribution in [0.15, 0.2) is 24.3 Å². The predicted molar refractivity (Wildman–Crippen MR) is 210 cm³/mol. The molecule has 0 fully saturated rings. The second kappa shape index (κ2) is 37.8. The number of esters is 1. The van der Waals surface area contributed by atoms with Gasteiger partial charge >= 0.3 is 11.9 Å². The van der Waals surface area contributed by atoms with Gasteiger partial charge in [-0.05, 0) is 30.5 Å². The van der Waals surface area contributed by atoms with Crippen molar-refractivity contribution in [1.29, 1.82) is 0 Å². The minimum Gasteiger partial charge on any atom is -0.491 e. The lowest BCUT2D eigenvalue weighted by atomic mass is 10.0. The highest BCUT2D eigenvalue weighted by Gasteiger charge is 2.33. The summed E-state index contributed by atoms with van der Waals surface area (Å²) in [5.74, 6) is -2.07. The molecule has 0 aliphatic rings. The van der Waals surface area contributed by atoms with Gasteiger partial charge < -0.3 is 57.2 Å². The van der Waals surface area contributed by atoms with Crippen molar-refractivity contribution in [2.75, 3.05) is 132 Å². The molecule has 0 aliphatic carbocycles. The maximum Gasteiger partial charge on any atom is 0.325 e. The predicted octanol–water partition coefficient (Wildman–Crippen LogP) is 3.78. The third kappa shape index (κ3) is 34.1. The number of carbonyl (C=O) groups is 2. The maximum atomic E-state index is 11.5. The SMILES string of the molecule is CCCCCCCCCc1ccc(OCCOCCOCCOCCOCCOCCOCCOCCOCCOCCOC(=O)CC(C(=O)O)S(=O)(=O)O)cc1. The lowest BCUT2D eigenvalue weighted by molar-refractivity contribution is -0.148. The first-order valence-electron chi connectivity index (χ1n) is 20.0. The van der Waals surface area contributed by atoms with Crippen LogP contribution < -0.4 is 4.74 Å². The number of aryl methyl sites for hydroxylation is 1. The number of hydrogen-bond donors (Lipinski definition) is 2. The Morgan fingerprint density at radius 3 is 1.25 bits per heavy atom. The van der Waals surface area contributed by atoms with Crippen LogP contribution in [0.2, 0.25) is 0 Å². The van der Waals surface area contributed by atoms with Crippen LogP contribution in [-0.2, 0) is 73.5 Å². The average molecular weight is 841 g/mol. The topological polar surface area (TPSA) is 210 Å². The first kappa shape index (κ1) is 52.5. The van der Waals surface area contributed by atoms with Gasteiger partial charge in [0.15, 0.2) is 5.25 Å². The standard InChI is InChI=1S/C39H68O17S/c1-2-3-4-5-6-7-8-9-35-10-12-36(13-11-35)55-32-30-53-28-26-51-24-22-49-20-18-47-16-14-46-15-17-48-19-21-50-23-25-52-27-29-54-31-33-56-38(40)34-37(39(41)42)57(43,44)45/h10-13,37H,2-9,14-34H2,1H3,(H,41,42)(H,43,44,45). The van der Waals surface area contributed by atoms with E-state index < -0.39 is 33.7 Å². The summed E-state index contributed by atoms with van der Waals surface area (Å²) in [6.07, 6.45) is 9.40. The molecule has 1 unspecified atom stereocenters. The van der Waals surface area contributed by atoms with Crippen LogP contribution in [0.25, 0.3) is 0 Å². The molecule has 332 valence electrons. The Balaban J connectivity index is 1.73. The molecular weight excluding hydrogens is 772 g/mol. The van der Waals surface area contributed by atoms with Gasteiger partial charge in [-0.2, -0.15) is 8.42 Å². The Kier molecular flexibility index (Phi) is 34.8. The van der Waals surface area contributed by atoms with Crippen LogP contribution in [0, 0.1) is 0 Å². The lowest BCUT2D eigenvalue weighted by Gasteiger charge is -2.10. The molecule has 17 nitrogen and oxygen atoms in total. The highest BCUT2D eigenvalue weighted by molar-refractivity contribution is 7.87.